The molecule has 0 bridgehead atoms. The zero-order chi connectivity index (χ0) is 19.7. The van der Waals surface area contributed by atoms with Gasteiger partial charge in [-0.15, -0.1) is 0 Å². The van der Waals surface area contributed by atoms with Crippen molar-refractivity contribution in [2.75, 3.05) is 36.5 Å². The molecule has 6 heteroatoms. The molecule has 2 heterocycles. The maximum absolute atomic E-state index is 12.5. The molecule has 0 aliphatic carbocycles. The third-order valence-corrected chi connectivity index (χ3v) is 5.90. The van der Waals surface area contributed by atoms with E-state index in [9.17, 15) is 9.59 Å². The van der Waals surface area contributed by atoms with Crippen molar-refractivity contribution in [2.45, 2.75) is 19.4 Å². The number of carbonyl (C=O) groups is 2. The van der Waals surface area contributed by atoms with Crippen molar-refractivity contribution in [3.63, 3.8) is 0 Å². The molecule has 28 heavy (non-hydrogen) atoms. The minimum Gasteiger partial charge on any atom is -0.378 e. The molecule has 6 nitrogen and oxygen atoms in total. The Bertz CT molecular complexity index is 908. The van der Waals surface area contributed by atoms with Gasteiger partial charge < -0.3 is 20.7 Å². The second kappa shape index (κ2) is 7.28. The number of rotatable bonds is 4. The fourth-order valence-electron chi connectivity index (χ4n) is 4.19. The number of aldehydes is 1. The van der Waals surface area contributed by atoms with E-state index in [0.717, 1.165) is 55.1 Å². The lowest BCUT2D eigenvalue weighted by molar-refractivity contribution is -0.127. The molecule has 4 rings (SSSR count). The van der Waals surface area contributed by atoms with Gasteiger partial charge in [0, 0.05) is 30.0 Å². The van der Waals surface area contributed by atoms with E-state index in [1.807, 2.05) is 31.2 Å². The summed E-state index contributed by atoms with van der Waals surface area (Å²) in [6.07, 6.45) is 1.30. The van der Waals surface area contributed by atoms with Gasteiger partial charge in [-0.05, 0) is 54.8 Å². The van der Waals surface area contributed by atoms with Crippen LogP contribution in [0.3, 0.4) is 0 Å². The van der Waals surface area contributed by atoms with E-state index >= 15 is 0 Å². The SMILES string of the molecule is CC1(C(N)=O)Cc2cc(C=O)ccc2NC1c1cccc(N2CCOCC2)c1. The van der Waals surface area contributed by atoms with Gasteiger partial charge >= 0.3 is 0 Å². The molecule has 0 saturated carbocycles. The predicted molar refractivity (Wildman–Crippen MR) is 109 cm³/mol. The van der Waals surface area contributed by atoms with Crippen molar-refractivity contribution in [2.24, 2.45) is 11.1 Å². The topological polar surface area (TPSA) is 84.7 Å². The first-order valence-corrected chi connectivity index (χ1v) is 9.58. The smallest absolute Gasteiger partial charge is 0.226 e. The number of amides is 1. The van der Waals surface area contributed by atoms with E-state index in [4.69, 9.17) is 10.5 Å². The minimum absolute atomic E-state index is 0.249. The van der Waals surface area contributed by atoms with Gasteiger partial charge in [-0.2, -0.15) is 0 Å². The van der Waals surface area contributed by atoms with Gasteiger partial charge in [0.05, 0.1) is 24.7 Å². The minimum atomic E-state index is -0.807. The Morgan fingerprint density at radius 1 is 1.25 bits per heavy atom. The van der Waals surface area contributed by atoms with Gasteiger partial charge in [0.2, 0.25) is 5.91 Å². The summed E-state index contributed by atoms with van der Waals surface area (Å²) in [5, 5.41) is 3.51. The van der Waals surface area contributed by atoms with Crippen LogP contribution in [-0.4, -0.2) is 38.5 Å². The largest absolute Gasteiger partial charge is 0.378 e. The summed E-state index contributed by atoms with van der Waals surface area (Å²) in [5.74, 6) is -0.357. The third kappa shape index (κ3) is 3.24. The van der Waals surface area contributed by atoms with Gasteiger partial charge in [-0.25, -0.2) is 0 Å². The highest BCUT2D eigenvalue weighted by molar-refractivity contribution is 5.85. The van der Waals surface area contributed by atoms with Crippen LogP contribution < -0.4 is 16.0 Å². The van der Waals surface area contributed by atoms with Crippen LogP contribution in [0.25, 0.3) is 0 Å². The summed E-state index contributed by atoms with van der Waals surface area (Å²) < 4.78 is 5.45. The first-order valence-electron chi connectivity index (χ1n) is 9.58. The molecule has 0 radical (unpaired) electrons. The molecule has 2 aromatic carbocycles. The molecule has 3 N–H and O–H groups in total. The summed E-state index contributed by atoms with van der Waals surface area (Å²) in [6, 6.07) is 13.5. The number of fused-ring (bicyclic) bond motifs is 1. The molecule has 0 spiro atoms. The summed E-state index contributed by atoms with van der Waals surface area (Å²) in [7, 11) is 0. The van der Waals surface area contributed by atoms with Crippen LogP contribution in [0.1, 0.15) is 34.5 Å². The number of ether oxygens (including phenoxy) is 1. The van der Waals surface area contributed by atoms with E-state index in [0.29, 0.717) is 12.0 Å². The van der Waals surface area contributed by atoms with Crippen LogP contribution in [0.4, 0.5) is 11.4 Å². The standard InChI is InChI=1S/C22H25N3O3/c1-22(21(23)27)13-17-11-15(14-26)5-6-19(17)24-20(22)16-3-2-4-18(12-16)25-7-9-28-10-8-25/h2-6,11-12,14,20,24H,7-10,13H2,1H3,(H2,23,27). The highest BCUT2D eigenvalue weighted by Crippen LogP contribution is 2.45. The van der Waals surface area contributed by atoms with Crippen LogP contribution in [0.5, 0.6) is 0 Å². The zero-order valence-electron chi connectivity index (χ0n) is 16.0. The van der Waals surface area contributed by atoms with E-state index in [1.54, 1.807) is 6.07 Å². The third-order valence-electron chi connectivity index (χ3n) is 5.90. The van der Waals surface area contributed by atoms with Crippen LogP contribution in [0.2, 0.25) is 0 Å². The van der Waals surface area contributed by atoms with Gasteiger partial charge in [0.25, 0.3) is 0 Å². The Morgan fingerprint density at radius 2 is 2.04 bits per heavy atom. The van der Waals surface area contributed by atoms with Gasteiger partial charge in [-0.3, -0.25) is 9.59 Å². The van der Waals surface area contributed by atoms with Crippen molar-refractivity contribution in [1.82, 2.24) is 0 Å². The lowest BCUT2D eigenvalue weighted by atomic mass is 9.70. The molecule has 0 aromatic heterocycles. The highest BCUT2D eigenvalue weighted by Gasteiger charge is 2.44. The Hall–Kier alpha value is -2.86. The molecule has 2 aliphatic heterocycles. The Kier molecular flexibility index (Phi) is 4.81. The molecular weight excluding hydrogens is 354 g/mol. The first kappa shape index (κ1) is 18.5. The number of morpholine rings is 1. The monoisotopic (exact) mass is 379 g/mol. The average molecular weight is 379 g/mol. The van der Waals surface area contributed by atoms with E-state index < -0.39 is 5.41 Å². The zero-order valence-corrected chi connectivity index (χ0v) is 16.0. The molecule has 1 saturated heterocycles. The average Bonchev–Trinajstić information content (AvgIpc) is 2.73. The van der Waals surface area contributed by atoms with Crippen molar-refractivity contribution in [3.8, 4) is 0 Å². The number of nitrogens with two attached hydrogens (primary N) is 1. The van der Waals surface area contributed by atoms with Crippen LogP contribution in [-0.2, 0) is 16.0 Å². The number of benzene rings is 2. The number of anilines is 2. The van der Waals surface area contributed by atoms with Gasteiger partial charge in [-0.1, -0.05) is 12.1 Å². The quantitative estimate of drug-likeness (QED) is 0.798. The summed E-state index contributed by atoms with van der Waals surface area (Å²) in [6.45, 7) is 5.04. The maximum atomic E-state index is 12.5. The molecule has 2 unspecified atom stereocenters. The van der Waals surface area contributed by atoms with Crippen molar-refractivity contribution in [3.05, 3.63) is 59.2 Å². The fourth-order valence-corrected chi connectivity index (χ4v) is 4.19. The first-order chi connectivity index (χ1) is 13.5. The highest BCUT2D eigenvalue weighted by atomic mass is 16.5. The summed E-state index contributed by atoms with van der Waals surface area (Å²) in [4.78, 5) is 25.9. The van der Waals surface area contributed by atoms with E-state index in [1.165, 1.54) is 0 Å². The summed E-state index contributed by atoms with van der Waals surface area (Å²) >= 11 is 0. The second-order valence-corrected chi connectivity index (χ2v) is 7.76. The molecule has 1 fully saturated rings. The maximum Gasteiger partial charge on any atom is 0.226 e. The predicted octanol–water partition coefficient (Wildman–Crippen LogP) is 2.54. The Morgan fingerprint density at radius 3 is 2.75 bits per heavy atom. The van der Waals surface area contributed by atoms with Crippen LogP contribution >= 0.6 is 0 Å². The Labute approximate surface area is 164 Å². The van der Waals surface area contributed by atoms with E-state index in [2.05, 4.69) is 22.3 Å². The molecule has 1 amide bonds. The van der Waals surface area contributed by atoms with Gasteiger partial charge in [0.1, 0.15) is 6.29 Å². The van der Waals surface area contributed by atoms with Crippen LogP contribution in [0.15, 0.2) is 42.5 Å². The van der Waals surface area contributed by atoms with Crippen molar-refractivity contribution >= 4 is 23.6 Å². The Balaban J connectivity index is 1.72. The molecule has 2 aliphatic rings. The number of nitrogens with one attached hydrogen (secondary N) is 1. The van der Waals surface area contributed by atoms with E-state index in [-0.39, 0.29) is 11.9 Å². The number of hydrogen-bond donors (Lipinski definition) is 2. The number of primary amides is 1. The molecular formula is C22H25N3O3. The molecule has 146 valence electrons. The number of hydrogen-bond acceptors (Lipinski definition) is 5. The summed E-state index contributed by atoms with van der Waals surface area (Å²) in [5.41, 5.74) is 9.67. The number of nitrogens with zero attached hydrogens (tertiary/aromatic N) is 1. The van der Waals surface area contributed by atoms with Crippen molar-refractivity contribution in [1.29, 1.82) is 0 Å². The lowest BCUT2D eigenvalue weighted by Crippen LogP contribution is -2.47. The van der Waals surface area contributed by atoms with Crippen LogP contribution in [0, 0.1) is 5.41 Å². The number of carbonyl (C=O) groups excluding carboxylic acids is 2. The molecule has 2 atom stereocenters. The van der Waals surface area contributed by atoms with Gasteiger partial charge in [0.15, 0.2) is 0 Å². The normalized spacial score (nSPS) is 24.2. The lowest BCUT2D eigenvalue weighted by Gasteiger charge is -2.42. The fraction of sp³-hybridized carbons (Fsp3) is 0.364. The second-order valence-electron chi connectivity index (χ2n) is 7.76. The van der Waals surface area contributed by atoms with Crippen molar-refractivity contribution < 1.29 is 14.3 Å². The molecule has 2 aromatic rings.